The molecule has 2 aliphatic rings. The van der Waals surface area contributed by atoms with E-state index in [0.29, 0.717) is 29.9 Å². The monoisotopic (exact) mass is 415 g/mol. The van der Waals surface area contributed by atoms with Gasteiger partial charge in [-0.2, -0.15) is 10.4 Å². The molecule has 5 atom stereocenters. The summed E-state index contributed by atoms with van der Waals surface area (Å²) in [5, 5.41) is 14.6. The number of rotatable bonds is 5. The maximum Gasteiger partial charge on any atom is 0.508 e. The second kappa shape index (κ2) is 7.74. The number of fused-ring (bicyclic) bond motifs is 2. The molecule has 1 aliphatic heterocycles. The molecule has 0 bridgehead atoms. The molecule has 30 heavy (non-hydrogen) atoms. The Morgan fingerprint density at radius 2 is 2.27 bits per heavy atom. The second-order valence-corrected chi connectivity index (χ2v) is 7.93. The number of ether oxygens (including phenoxy) is 4. The van der Waals surface area contributed by atoms with E-state index in [1.165, 1.54) is 6.33 Å². The smallest absolute Gasteiger partial charge is 0.434 e. The molecule has 160 valence electrons. The lowest BCUT2D eigenvalue weighted by Crippen LogP contribution is -2.39. The average Bonchev–Trinajstić information content (AvgIpc) is 3.39. The molecular formula is C20H25N5O5. The van der Waals surface area contributed by atoms with Gasteiger partial charge in [-0.25, -0.2) is 14.3 Å². The van der Waals surface area contributed by atoms with Crippen molar-refractivity contribution in [2.75, 3.05) is 12.3 Å². The van der Waals surface area contributed by atoms with Crippen LogP contribution in [-0.4, -0.2) is 52.0 Å². The highest BCUT2D eigenvalue weighted by Gasteiger charge is 2.62. The Morgan fingerprint density at radius 1 is 1.47 bits per heavy atom. The quantitative estimate of drug-likeness (QED) is 0.729. The predicted molar refractivity (Wildman–Crippen MR) is 104 cm³/mol. The van der Waals surface area contributed by atoms with Gasteiger partial charge >= 0.3 is 6.16 Å². The fraction of sp³-hybridized carbons (Fsp3) is 0.600. The Balaban J connectivity index is 1.68. The molecule has 10 nitrogen and oxygen atoms in total. The van der Waals surface area contributed by atoms with Crippen LogP contribution in [0.15, 0.2) is 18.5 Å². The number of aromatic nitrogens is 3. The van der Waals surface area contributed by atoms with Crippen molar-refractivity contribution >= 4 is 17.5 Å². The number of nitriles is 1. The number of anilines is 1. The van der Waals surface area contributed by atoms with Gasteiger partial charge in [0.15, 0.2) is 12.1 Å². The van der Waals surface area contributed by atoms with Gasteiger partial charge in [0.05, 0.1) is 24.0 Å². The summed E-state index contributed by atoms with van der Waals surface area (Å²) in [6.45, 7) is 5.51. The molecule has 1 unspecified atom stereocenters. The lowest BCUT2D eigenvalue weighted by atomic mass is 9.81. The first-order chi connectivity index (χ1) is 14.4. The zero-order valence-corrected chi connectivity index (χ0v) is 17.1. The summed E-state index contributed by atoms with van der Waals surface area (Å²) in [4.78, 5) is 15.9. The van der Waals surface area contributed by atoms with Crippen LogP contribution in [0.25, 0.3) is 5.52 Å². The van der Waals surface area contributed by atoms with Crippen LogP contribution >= 0.6 is 0 Å². The van der Waals surface area contributed by atoms with E-state index >= 15 is 0 Å². The number of nitrogen functional groups attached to an aromatic ring is 1. The highest BCUT2D eigenvalue weighted by Crippen LogP contribution is 2.51. The van der Waals surface area contributed by atoms with Gasteiger partial charge in [-0.15, -0.1) is 0 Å². The van der Waals surface area contributed by atoms with Crippen LogP contribution in [-0.2, 0) is 24.4 Å². The van der Waals surface area contributed by atoms with E-state index in [9.17, 15) is 10.1 Å². The van der Waals surface area contributed by atoms with E-state index in [-0.39, 0.29) is 18.6 Å². The maximum atomic E-state index is 11.9. The second-order valence-electron chi connectivity index (χ2n) is 7.93. The third-order valence-electron chi connectivity index (χ3n) is 5.66. The Hall–Kier alpha value is -2.90. The lowest BCUT2D eigenvalue weighted by Gasteiger charge is -2.26. The number of carbonyl (C=O) groups excluding carboxylic acids is 1. The third kappa shape index (κ3) is 3.24. The van der Waals surface area contributed by atoms with E-state index in [0.717, 1.165) is 0 Å². The van der Waals surface area contributed by atoms with Crippen molar-refractivity contribution in [2.24, 2.45) is 5.92 Å². The molecule has 10 heteroatoms. The molecule has 0 aromatic carbocycles. The summed E-state index contributed by atoms with van der Waals surface area (Å²) >= 11 is 0. The standard InChI is InChI=1S/C20H25N5O5/c1-4-15-29-16-12(8-27-19(26)28-11(2)3)7-20(9-21,17(16)30-15)14-6-5-13-18(22)23-10-24-25(13)14/h5-6,10-12,15-17H,4,7-8H2,1-3H3,(H2,22,23,24)/t12-,15?,16-,17-,20-/m1/s1. The van der Waals surface area contributed by atoms with E-state index in [1.54, 1.807) is 24.4 Å². The van der Waals surface area contributed by atoms with Crippen molar-refractivity contribution in [1.29, 1.82) is 5.26 Å². The van der Waals surface area contributed by atoms with Crippen LogP contribution in [0.5, 0.6) is 0 Å². The fourth-order valence-corrected chi connectivity index (χ4v) is 4.38. The minimum Gasteiger partial charge on any atom is -0.434 e. The molecular weight excluding hydrogens is 390 g/mol. The first kappa shape index (κ1) is 20.4. The van der Waals surface area contributed by atoms with Crippen LogP contribution in [0.2, 0.25) is 0 Å². The average molecular weight is 415 g/mol. The fourth-order valence-electron chi connectivity index (χ4n) is 4.38. The van der Waals surface area contributed by atoms with Gasteiger partial charge in [0.2, 0.25) is 0 Å². The van der Waals surface area contributed by atoms with Gasteiger partial charge in [0.1, 0.15) is 30.0 Å². The first-order valence-electron chi connectivity index (χ1n) is 10.0. The largest absolute Gasteiger partial charge is 0.508 e. The summed E-state index contributed by atoms with van der Waals surface area (Å²) in [5.74, 6) is 0.0841. The highest BCUT2D eigenvalue weighted by molar-refractivity contribution is 5.66. The van der Waals surface area contributed by atoms with Crippen molar-refractivity contribution < 1.29 is 23.7 Å². The minimum absolute atomic E-state index is 0.0658. The summed E-state index contributed by atoms with van der Waals surface area (Å²) < 4.78 is 24.2. The molecule has 2 N–H and O–H groups in total. The summed E-state index contributed by atoms with van der Waals surface area (Å²) in [7, 11) is 0. The summed E-state index contributed by atoms with van der Waals surface area (Å²) in [6.07, 6.45) is -0.00355. The van der Waals surface area contributed by atoms with Crippen LogP contribution in [0, 0.1) is 17.2 Å². The number of carbonyl (C=O) groups is 1. The molecule has 2 aromatic rings. The van der Waals surface area contributed by atoms with Gasteiger partial charge in [-0.3, -0.25) is 0 Å². The zero-order valence-electron chi connectivity index (χ0n) is 17.1. The molecule has 2 fully saturated rings. The summed E-state index contributed by atoms with van der Waals surface area (Å²) in [5.41, 5.74) is 6.19. The van der Waals surface area contributed by atoms with E-state index in [1.807, 2.05) is 13.0 Å². The van der Waals surface area contributed by atoms with Crippen molar-refractivity contribution in [3.63, 3.8) is 0 Å². The number of hydrogen-bond donors (Lipinski definition) is 1. The molecule has 0 amide bonds. The Bertz CT molecular complexity index is 986. The van der Waals surface area contributed by atoms with Crippen molar-refractivity contribution in [1.82, 2.24) is 14.6 Å². The van der Waals surface area contributed by atoms with Gasteiger partial charge in [0, 0.05) is 5.92 Å². The third-order valence-corrected chi connectivity index (χ3v) is 5.66. The molecule has 0 radical (unpaired) electrons. The van der Waals surface area contributed by atoms with Gasteiger partial charge in [-0.1, -0.05) is 6.92 Å². The molecule has 1 saturated heterocycles. The zero-order chi connectivity index (χ0) is 21.5. The first-order valence-corrected chi connectivity index (χ1v) is 10.0. The van der Waals surface area contributed by atoms with E-state index < -0.39 is 30.1 Å². The molecule has 3 heterocycles. The van der Waals surface area contributed by atoms with E-state index in [2.05, 4.69) is 16.2 Å². The summed E-state index contributed by atoms with van der Waals surface area (Å²) in [6, 6.07) is 6.06. The topological polar surface area (TPSA) is 134 Å². The maximum absolute atomic E-state index is 11.9. The molecule has 0 spiro atoms. The van der Waals surface area contributed by atoms with Crippen LogP contribution in [0.3, 0.4) is 0 Å². The van der Waals surface area contributed by atoms with E-state index in [4.69, 9.17) is 24.7 Å². The van der Waals surface area contributed by atoms with Gasteiger partial charge in [-0.05, 0) is 38.8 Å². The number of nitrogens with zero attached hydrogens (tertiary/aromatic N) is 4. The number of nitrogens with two attached hydrogens (primary N) is 1. The van der Waals surface area contributed by atoms with Crippen molar-refractivity contribution in [3.05, 3.63) is 24.2 Å². The minimum atomic E-state index is -1.04. The van der Waals surface area contributed by atoms with Crippen molar-refractivity contribution in [2.45, 2.75) is 63.6 Å². The lowest BCUT2D eigenvalue weighted by molar-refractivity contribution is -0.0912. The van der Waals surface area contributed by atoms with Crippen LogP contribution < -0.4 is 5.73 Å². The normalized spacial score (nSPS) is 30.4. The van der Waals surface area contributed by atoms with Crippen LogP contribution in [0.1, 0.15) is 39.3 Å². The molecule has 2 aromatic heterocycles. The Labute approximate surface area is 173 Å². The molecule has 4 rings (SSSR count). The molecule has 1 saturated carbocycles. The van der Waals surface area contributed by atoms with Gasteiger partial charge < -0.3 is 24.7 Å². The number of hydrogen-bond acceptors (Lipinski definition) is 9. The predicted octanol–water partition coefficient (Wildman–Crippen LogP) is 2.17. The highest BCUT2D eigenvalue weighted by atomic mass is 16.7. The Kier molecular flexibility index (Phi) is 5.26. The van der Waals surface area contributed by atoms with Crippen molar-refractivity contribution in [3.8, 4) is 6.07 Å². The Morgan fingerprint density at radius 3 is 2.97 bits per heavy atom. The van der Waals surface area contributed by atoms with Gasteiger partial charge in [0.25, 0.3) is 0 Å². The SMILES string of the molecule is CCC1O[C@@H]2[C@@H](COC(=O)OC(C)C)C[C@@](C#N)(c3ccc4c(N)ncnn34)[C@@H]2O1. The molecule has 1 aliphatic carbocycles. The van der Waals surface area contributed by atoms with Crippen LogP contribution in [0.4, 0.5) is 10.6 Å².